The fraction of sp³-hybridized carbons (Fsp3) is 0.500. The third kappa shape index (κ3) is 2.04. The number of β-amino-alcohol motifs (C(OH)–C–C–N with tert-alkyl or cyclic N) is 1. The number of H-pyrrole nitrogens is 1. The standard InChI is InChI=1S/C8H11N5O4/c9-8-10-5(11-12-8)6(15)13-2-3(14)1-4(13)7(16)17/h3-4,14H,1-2H2,(H,16,17)(H3,9,10,11,12)/t3-,4+/m1/s1. The van der Waals surface area contributed by atoms with E-state index in [1.807, 2.05) is 0 Å². The van der Waals surface area contributed by atoms with Crippen molar-refractivity contribution in [2.75, 3.05) is 12.3 Å². The Morgan fingerprint density at radius 2 is 2.24 bits per heavy atom. The number of nitrogens with one attached hydrogen (secondary N) is 1. The molecule has 1 saturated heterocycles. The van der Waals surface area contributed by atoms with Gasteiger partial charge in [0.1, 0.15) is 6.04 Å². The highest BCUT2D eigenvalue weighted by Gasteiger charge is 2.40. The number of carbonyl (C=O) groups is 2. The molecule has 92 valence electrons. The monoisotopic (exact) mass is 241 g/mol. The first-order valence-corrected chi connectivity index (χ1v) is 4.88. The quantitative estimate of drug-likeness (QED) is 0.470. The summed E-state index contributed by atoms with van der Waals surface area (Å²) in [6.07, 6.45) is -0.842. The summed E-state index contributed by atoms with van der Waals surface area (Å²) >= 11 is 0. The number of nitrogens with two attached hydrogens (primary N) is 1. The van der Waals surface area contributed by atoms with Crippen LogP contribution in [0, 0.1) is 0 Å². The summed E-state index contributed by atoms with van der Waals surface area (Å²) in [5.74, 6) is -2.04. The van der Waals surface area contributed by atoms with Gasteiger partial charge in [0, 0.05) is 13.0 Å². The Hall–Kier alpha value is -2.16. The number of amides is 1. The summed E-state index contributed by atoms with van der Waals surface area (Å²) in [5, 5.41) is 24.1. The van der Waals surface area contributed by atoms with E-state index in [1.165, 1.54) is 0 Å². The zero-order chi connectivity index (χ0) is 12.6. The zero-order valence-corrected chi connectivity index (χ0v) is 8.70. The van der Waals surface area contributed by atoms with Crippen molar-refractivity contribution >= 4 is 17.8 Å². The SMILES string of the molecule is Nc1n[nH]c(C(=O)N2C[C@H](O)C[C@H]2C(=O)O)n1. The number of hydrogen-bond acceptors (Lipinski definition) is 6. The van der Waals surface area contributed by atoms with Crippen molar-refractivity contribution in [1.82, 2.24) is 20.1 Å². The molecule has 2 heterocycles. The van der Waals surface area contributed by atoms with Crippen molar-refractivity contribution in [1.29, 1.82) is 0 Å². The molecule has 17 heavy (non-hydrogen) atoms. The molecule has 1 amide bonds. The van der Waals surface area contributed by atoms with Gasteiger partial charge in [-0.1, -0.05) is 0 Å². The van der Waals surface area contributed by atoms with E-state index in [4.69, 9.17) is 10.8 Å². The average molecular weight is 241 g/mol. The lowest BCUT2D eigenvalue weighted by Gasteiger charge is -2.19. The average Bonchev–Trinajstić information content (AvgIpc) is 2.83. The second-order valence-electron chi connectivity index (χ2n) is 3.74. The molecule has 9 nitrogen and oxygen atoms in total. The molecule has 9 heteroatoms. The predicted octanol–water partition coefficient (Wildman–Crippen LogP) is -1.95. The summed E-state index contributed by atoms with van der Waals surface area (Å²) in [4.78, 5) is 27.5. The van der Waals surface area contributed by atoms with Crippen LogP contribution in [-0.2, 0) is 4.79 Å². The normalized spacial score (nSPS) is 23.9. The van der Waals surface area contributed by atoms with Crippen molar-refractivity contribution in [3.8, 4) is 0 Å². The van der Waals surface area contributed by atoms with Crippen LogP contribution in [-0.4, -0.2) is 60.9 Å². The molecule has 0 unspecified atom stereocenters. The van der Waals surface area contributed by atoms with E-state index in [0.29, 0.717) is 0 Å². The van der Waals surface area contributed by atoms with Gasteiger partial charge in [0.15, 0.2) is 0 Å². The molecule has 2 rings (SSSR count). The first kappa shape index (κ1) is 11.3. The summed E-state index contributed by atoms with van der Waals surface area (Å²) in [5.41, 5.74) is 5.25. The molecule has 2 atom stereocenters. The zero-order valence-electron chi connectivity index (χ0n) is 8.70. The molecule has 0 radical (unpaired) electrons. The van der Waals surface area contributed by atoms with E-state index >= 15 is 0 Å². The first-order chi connectivity index (χ1) is 7.99. The van der Waals surface area contributed by atoms with E-state index in [-0.39, 0.29) is 24.7 Å². The van der Waals surface area contributed by atoms with E-state index < -0.39 is 24.0 Å². The Kier molecular flexibility index (Phi) is 2.68. The number of carboxylic acids is 1. The molecule has 0 aliphatic carbocycles. The lowest BCUT2D eigenvalue weighted by Crippen LogP contribution is -2.41. The number of nitrogen functional groups attached to an aromatic ring is 1. The Balaban J connectivity index is 2.21. The Bertz CT molecular complexity index is 459. The van der Waals surface area contributed by atoms with Gasteiger partial charge in [0.25, 0.3) is 5.91 Å². The van der Waals surface area contributed by atoms with Gasteiger partial charge in [-0.2, -0.15) is 4.98 Å². The topological polar surface area (TPSA) is 145 Å². The first-order valence-electron chi connectivity index (χ1n) is 4.88. The highest BCUT2D eigenvalue weighted by Crippen LogP contribution is 2.19. The molecule has 0 aromatic carbocycles. The van der Waals surface area contributed by atoms with Gasteiger partial charge in [0.2, 0.25) is 11.8 Å². The number of aliphatic carboxylic acids is 1. The molecule has 0 spiro atoms. The number of hydrogen-bond donors (Lipinski definition) is 4. The van der Waals surface area contributed by atoms with E-state index in [0.717, 1.165) is 4.90 Å². The minimum Gasteiger partial charge on any atom is -0.480 e. The summed E-state index contributed by atoms with van der Waals surface area (Å²) in [7, 11) is 0. The van der Waals surface area contributed by atoms with Crippen molar-refractivity contribution in [3.05, 3.63) is 5.82 Å². The van der Waals surface area contributed by atoms with Crippen LogP contribution in [0.5, 0.6) is 0 Å². The molecule has 5 N–H and O–H groups in total. The van der Waals surface area contributed by atoms with Crippen molar-refractivity contribution in [2.45, 2.75) is 18.6 Å². The molecule has 0 bridgehead atoms. The number of aliphatic hydroxyl groups is 1. The minimum absolute atomic E-state index is 0.00466. The maximum Gasteiger partial charge on any atom is 0.326 e. The third-order valence-electron chi connectivity index (χ3n) is 2.53. The Morgan fingerprint density at radius 1 is 1.53 bits per heavy atom. The van der Waals surface area contributed by atoms with Crippen molar-refractivity contribution in [2.24, 2.45) is 0 Å². The number of aromatic nitrogens is 3. The second-order valence-corrected chi connectivity index (χ2v) is 3.74. The molecule has 1 aliphatic rings. The molecule has 1 fully saturated rings. The number of rotatable bonds is 2. The van der Waals surface area contributed by atoms with Crippen LogP contribution in [0.15, 0.2) is 0 Å². The number of aliphatic hydroxyl groups excluding tert-OH is 1. The van der Waals surface area contributed by atoms with Crippen LogP contribution in [0.4, 0.5) is 5.95 Å². The third-order valence-corrected chi connectivity index (χ3v) is 2.53. The highest BCUT2D eigenvalue weighted by atomic mass is 16.4. The predicted molar refractivity (Wildman–Crippen MR) is 53.9 cm³/mol. The molecule has 0 saturated carbocycles. The van der Waals surface area contributed by atoms with Crippen molar-refractivity contribution < 1.29 is 19.8 Å². The van der Waals surface area contributed by atoms with Gasteiger partial charge in [-0.05, 0) is 0 Å². The fourth-order valence-electron chi connectivity index (χ4n) is 1.78. The number of carboxylic acid groups (broad SMARTS) is 1. The van der Waals surface area contributed by atoms with E-state index in [2.05, 4.69) is 15.2 Å². The lowest BCUT2D eigenvalue weighted by molar-refractivity contribution is -0.141. The summed E-state index contributed by atoms with van der Waals surface area (Å²) in [6, 6.07) is -1.05. The van der Waals surface area contributed by atoms with Crippen LogP contribution in [0.2, 0.25) is 0 Å². The van der Waals surface area contributed by atoms with Gasteiger partial charge in [0.05, 0.1) is 6.10 Å². The number of carbonyl (C=O) groups excluding carboxylic acids is 1. The van der Waals surface area contributed by atoms with Gasteiger partial charge in [-0.15, -0.1) is 5.10 Å². The van der Waals surface area contributed by atoms with E-state index in [9.17, 15) is 14.7 Å². The Labute approximate surface area is 95.2 Å². The lowest BCUT2D eigenvalue weighted by atomic mass is 10.2. The minimum atomic E-state index is -1.16. The van der Waals surface area contributed by atoms with Gasteiger partial charge < -0.3 is 20.8 Å². The number of likely N-dealkylation sites (tertiary alicyclic amines) is 1. The smallest absolute Gasteiger partial charge is 0.326 e. The maximum absolute atomic E-state index is 11.9. The van der Waals surface area contributed by atoms with Crippen molar-refractivity contribution in [3.63, 3.8) is 0 Å². The number of aromatic amines is 1. The van der Waals surface area contributed by atoms with Crippen LogP contribution in [0.25, 0.3) is 0 Å². The molecule has 1 aliphatic heterocycles. The van der Waals surface area contributed by atoms with Crippen LogP contribution in [0.3, 0.4) is 0 Å². The van der Waals surface area contributed by atoms with E-state index in [1.54, 1.807) is 0 Å². The molecule has 1 aromatic rings. The van der Waals surface area contributed by atoms with Gasteiger partial charge in [-0.25, -0.2) is 4.79 Å². The molecular formula is C8H11N5O4. The Morgan fingerprint density at radius 3 is 2.76 bits per heavy atom. The second kappa shape index (κ2) is 4.01. The molecule has 1 aromatic heterocycles. The highest BCUT2D eigenvalue weighted by molar-refractivity contribution is 5.94. The fourth-order valence-corrected chi connectivity index (χ4v) is 1.78. The molecular weight excluding hydrogens is 230 g/mol. The van der Waals surface area contributed by atoms with Crippen LogP contribution in [0.1, 0.15) is 17.0 Å². The summed E-state index contributed by atoms with van der Waals surface area (Å²) in [6.45, 7) is -0.0452. The largest absolute Gasteiger partial charge is 0.480 e. The van der Waals surface area contributed by atoms with Crippen LogP contribution < -0.4 is 5.73 Å². The van der Waals surface area contributed by atoms with Crippen LogP contribution >= 0.6 is 0 Å². The summed E-state index contributed by atoms with van der Waals surface area (Å²) < 4.78 is 0. The number of nitrogens with zero attached hydrogens (tertiary/aromatic N) is 3. The number of anilines is 1. The van der Waals surface area contributed by atoms with Gasteiger partial charge in [-0.3, -0.25) is 9.89 Å². The maximum atomic E-state index is 11.9. The van der Waals surface area contributed by atoms with Gasteiger partial charge >= 0.3 is 5.97 Å².